The summed E-state index contributed by atoms with van der Waals surface area (Å²) in [4.78, 5) is 4.19. The van der Waals surface area contributed by atoms with Crippen LogP contribution < -0.4 is 0 Å². The number of aromatic nitrogens is 2. The van der Waals surface area contributed by atoms with Crippen LogP contribution in [-0.2, 0) is 19.4 Å². The van der Waals surface area contributed by atoms with E-state index in [4.69, 9.17) is 0 Å². The second kappa shape index (κ2) is 11.5. The summed E-state index contributed by atoms with van der Waals surface area (Å²) in [6, 6.07) is 15.2. The van der Waals surface area contributed by atoms with Crippen molar-refractivity contribution in [1.82, 2.24) is 9.55 Å². The zero-order chi connectivity index (χ0) is 22.1. The van der Waals surface area contributed by atoms with Crippen molar-refractivity contribution in [3.8, 4) is 22.4 Å². The van der Waals surface area contributed by atoms with Crippen molar-refractivity contribution < 1.29 is 5.11 Å². The summed E-state index contributed by atoms with van der Waals surface area (Å²) in [6.07, 6.45) is 14.1. The molecule has 2 aromatic heterocycles. The first-order chi connectivity index (χ1) is 15.3. The Bertz CT molecular complexity index is 1030. The van der Waals surface area contributed by atoms with Gasteiger partial charge in [-0.15, -0.1) is 0 Å². The van der Waals surface area contributed by atoms with Gasteiger partial charge in [-0.2, -0.15) is 0 Å². The molecular weight excluding hydrogens is 380 g/mol. The van der Waals surface area contributed by atoms with Crippen LogP contribution in [-0.4, -0.2) is 21.3 Å². The average molecular weight is 415 g/mol. The molecule has 3 aromatic rings. The minimum atomic E-state index is 0.102. The predicted octanol–water partition coefficient (Wildman–Crippen LogP) is 6.62. The van der Waals surface area contributed by atoms with E-state index in [1.807, 2.05) is 26.2 Å². The Kier molecular flexibility index (Phi) is 8.43. The first-order valence-corrected chi connectivity index (χ1v) is 11.5. The lowest BCUT2D eigenvalue weighted by atomic mass is 9.90. The summed E-state index contributed by atoms with van der Waals surface area (Å²) in [5.74, 6) is 0. The highest BCUT2D eigenvalue weighted by atomic mass is 16.3. The molecule has 3 nitrogen and oxygen atoms in total. The molecule has 0 saturated heterocycles. The highest BCUT2D eigenvalue weighted by Crippen LogP contribution is 2.38. The molecule has 1 N–H and O–H groups in total. The molecule has 0 saturated carbocycles. The van der Waals surface area contributed by atoms with Crippen LogP contribution in [0.2, 0.25) is 0 Å². The number of nitrogens with zero attached hydrogens (tertiary/aromatic N) is 2. The number of allylic oxidation sites excluding steroid dienone is 3. The quantitative estimate of drug-likeness (QED) is 0.441. The monoisotopic (exact) mass is 414 g/mol. The van der Waals surface area contributed by atoms with Gasteiger partial charge in [0.2, 0.25) is 0 Å². The molecule has 1 aromatic carbocycles. The number of aliphatic hydroxyl groups excluding tert-OH is 1. The van der Waals surface area contributed by atoms with Gasteiger partial charge in [0.15, 0.2) is 0 Å². The molecule has 1 aliphatic carbocycles. The molecule has 162 valence electrons. The minimum absolute atomic E-state index is 0.102. The van der Waals surface area contributed by atoms with Gasteiger partial charge in [-0.3, -0.25) is 4.98 Å². The third kappa shape index (κ3) is 5.23. The van der Waals surface area contributed by atoms with E-state index in [0.29, 0.717) is 0 Å². The van der Waals surface area contributed by atoms with E-state index < -0.39 is 0 Å². The van der Waals surface area contributed by atoms with E-state index in [9.17, 15) is 5.11 Å². The zero-order valence-corrected chi connectivity index (χ0v) is 19.0. The highest BCUT2D eigenvalue weighted by molar-refractivity contribution is 5.78. The van der Waals surface area contributed by atoms with Crippen molar-refractivity contribution in [3.63, 3.8) is 0 Å². The fraction of sp³-hybridized carbons (Fsp3) is 0.321. The lowest BCUT2D eigenvalue weighted by molar-refractivity contribution is 0.328. The molecular formula is C28H34N2O. The van der Waals surface area contributed by atoms with E-state index in [2.05, 4.69) is 77.2 Å². The van der Waals surface area contributed by atoms with Crippen LogP contribution in [0.5, 0.6) is 0 Å². The van der Waals surface area contributed by atoms with Gasteiger partial charge in [0.25, 0.3) is 0 Å². The number of rotatable bonds is 7. The number of hydrogen-bond acceptors (Lipinski definition) is 2. The molecule has 0 bridgehead atoms. The first kappa shape index (κ1) is 22.8. The zero-order valence-electron chi connectivity index (χ0n) is 19.0. The summed E-state index contributed by atoms with van der Waals surface area (Å²) < 4.78 is 2.42. The number of fused-ring (bicyclic) bond motifs is 3. The molecule has 0 unspecified atom stereocenters. The maximum atomic E-state index is 9.79. The number of aryl methyl sites for hydroxylation is 1. The van der Waals surface area contributed by atoms with E-state index in [1.165, 1.54) is 33.6 Å². The first-order valence-electron chi connectivity index (χ1n) is 11.5. The molecule has 2 heterocycles. The second-order valence-electron chi connectivity index (χ2n) is 7.50. The third-order valence-electron chi connectivity index (χ3n) is 5.67. The largest absolute Gasteiger partial charge is 0.392 e. The highest BCUT2D eigenvalue weighted by Gasteiger charge is 2.22. The van der Waals surface area contributed by atoms with Crippen LogP contribution in [0.25, 0.3) is 22.4 Å². The summed E-state index contributed by atoms with van der Waals surface area (Å²) in [5, 5.41) is 9.79. The number of benzene rings is 1. The van der Waals surface area contributed by atoms with Gasteiger partial charge in [-0.05, 0) is 60.6 Å². The Hall–Kier alpha value is -2.91. The predicted molar refractivity (Wildman–Crippen MR) is 131 cm³/mol. The lowest BCUT2D eigenvalue weighted by Gasteiger charge is -2.19. The maximum Gasteiger partial charge on any atom is 0.0645 e. The fourth-order valence-electron chi connectivity index (χ4n) is 4.15. The maximum absolute atomic E-state index is 9.79. The molecule has 0 spiro atoms. The van der Waals surface area contributed by atoms with Crippen LogP contribution in [0, 0.1) is 0 Å². The molecule has 4 rings (SSSR count). The van der Waals surface area contributed by atoms with E-state index in [-0.39, 0.29) is 6.61 Å². The van der Waals surface area contributed by atoms with E-state index in [0.717, 1.165) is 37.8 Å². The molecule has 0 aliphatic heterocycles. The van der Waals surface area contributed by atoms with Gasteiger partial charge in [0.05, 0.1) is 6.61 Å². The topological polar surface area (TPSA) is 38.0 Å². The van der Waals surface area contributed by atoms with Gasteiger partial charge in [0, 0.05) is 41.5 Å². The Morgan fingerprint density at radius 2 is 1.81 bits per heavy atom. The van der Waals surface area contributed by atoms with Crippen molar-refractivity contribution in [1.29, 1.82) is 0 Å². The van der Waals surface area contributed by atoms with Crippen LogP contribution in [0.4, 0.5) is 0 Å². The average Bonchev–Trinajstić information content (AvgIpc) is 3.22. The molecule has 31 heavy (non-hydrogen) atoms. The van der Waals surface area contributed by atoms with Gasteiger partial charge in [0.1, 0.15) is 0 Å². The smallest absolute Gasteiger partial charge is 0.0645 e. The van der Waals surface area contributed by atoms with Gasteiger partial charge in [-0.1, -0.05) is 63.3 Å². The summed E-state index contributed by atoms with van der Waals surface area (Å²) in [6.45, 7) is 7.00. The van der Waals surface area contributed by atoms with E-state index in [1.54, 1.807) is 0 Å². The summed E-state index contributed by atoms with van der Waals surface area (Å²) in [7, 11) is 0. The van der Waals surface area contributed by atoms with Crippen LogP contribution in [0.3, 0.4) is 0 Å². The van der Waals surface area contributed by atoms with Crippen molar-refractivity contribution in [2.75, 3.05) is 6.61 Å². The molecule has 1 aliphatic rings. The summed E-state index contributed by atoms with van der Waals surface area (Å²) >= 11 is 0. The third-order valence-corrected chi connectivity index (χ3v) is 5.67. The molecule has 0 amide bonds. The normalized spacial score (nSPS) is 12.8. The standard InChI is InChI=1S/C26H28N2O.C2H6/c1-2-3-4-7-20(19-29)14-17-28-25-11-10-21-8-5-6-9-23(21)24(25)18-26(28)22-12-15-27-16-13-22;1-2/h3-6,8-9,12-16,18,29H,2,7,10-11,17,19H2,1H3;1-2H3/b4-3-,20-14+;. The van der Waals surface area contributed by atoms with E-state index >= 15 is 0 Å². The number of hydrogen-bond donors (Lipinski definition) is 1. The molecule has 0 atom stereocenters. The fourth-order valence-corrected chi connectivity index (χ4v) is 4.15. The van der Waals surface area contributed by atoms with Crippen molar-refractivity contribution >= 4 is 0 Å². The molecule has 3 heteroatoms. The number of pyridine rings is 1. The number of aliphatic hydroxyl groups is 1. The Labute approximate surface area is 186 Å². The van der Waals surface area contributed by atoms with Crippen molar-refractivity contribution in [2.45, 2.75) is 53.0 Å². The summed E-state index contributed by atoms with van der Waals surface area (Å²) in [5.41, 5.74) is 8.95. The van der Waals surface area contributed by atoms with Gasteiger partial charge in [-0.25, -0.2) is 0 Å². The van der Waals surface area contributed by atoms with Crippen LogP contribution in [0.15, 0.2) is 78.7 Å². The van der Waals surface area contributed by atoms with Gasteiger partial charge >= 0.3 is 0 Å². The molecule has 0 fully saturated rings. The molecule has 0 radical (unpaired) electrons. The lowest BCUT2D eigenvalue weighted by Crippen LogP contribution is -2.10. The van der Waals surface area contributed by atoms with Gasteiger partial charge < -0.3 is 9.67 Å². The van der Waals surface area contributed by atoms with Crippen LogP contribution in [0.1, 0.15) is 44.9 Å². The minimum Gasteiger partial charge on any atom is -0.392 e. The Morgan fingerprint density at radius 3 is 2.55 bits per heavy atom. The second-order valence-corrected chi connectivity index (χ2v) is 7.50. The van der Waals surface area contributed by atoms with Crippen molar-refractivity contribution in [3.05, 3.63) is 89.9 Å². The Morgan fingerprint density at radius 1 is 1.03 bits per heavy atom. The Balaban J connectivity index is 0.00000132. The SMILES string of the molecule is CC.CC/C=C\C/C(=C\Cn1c(-c2ccncc2)cc2c1CCc1ccccc1-2)CO. The van der Waals surface area contributed by atoms with Crippen LogP contribution >= 0.6 is 0 Å². The van der Waals surface area contributed by atoms with Crippen molar-refractivity contribution in [2.24, 2.45) is 0 Å².